The summed E-state index contributed by atoms with van der Waals surface area (Å²) in [5, 5.41) is 11.2. The lowest BCUT2D eigenvalue weighted by Gasteiger charge is -2.12. The van der Waals surface area contributed by atoms with Crippen molar-refractivity contribution in [2.75, 3.05) is 13.2 Å². The van der Waals surface area contributed by atoms with E-state index in [1.165, 1.54) is 0 Å². The van der Waals surface area contributed by atoms with Crippen molar-refractivity contribution in [3.63, 3.8) is 0 Å². The van der Waals surface area contributed by atoms with Gasteiger partial charge in [0.05, 0.1) is 17.2 Å². The number of nitrogens with zero attached hydrogens (tertiary/aromatic N) is 1. The third-order valence-electron chi connectivity index (χ3n) is 4.54. The van der Waals surface area contributed by atoms with Gasteiger partial charge in [-0.25, -0.2) is 9.78 Å². The first kappa shape index (κ1) is 21.1. The van der Waals surface area contributed by atoms with Crippen molar-refractivity contribution in [3.05, 3.63) is 58.3 Å². The predicted molar refractivity (Wildman–Crippen MR) is 112 cm³/mol. The maximum absolute atomic E-state index is 11.2. The minimum absolute atomic E-state index is 0.326. The van der Waals surface area contributed by atoms with E-state index in [1.807, 2.05) is 43.5 Å². The molecule has 3 aromatic rings. The molecule has 0 fully saturated rings. The van der Waals surface area contributed by atoms with Crippen LogP contribution in [0.1, 0.15) is 29.5 Å². The number of rotatable bonds is 10. The van der Waals surface area contributed by atoms with Crippen LogP contribution in [-0.2, 0) is 22.4 Å². The van der Waals surface area contributed by atoms with Crippen LogP contribution in [0.15, 0.2) is 40.1 Å². The average Bonchev–Trinajstić information content (AvgIpc) is 3.28. The number of thiophene rings is 1. The van der Waals surface area contributed by atoms with Crippen LogP contribution in [0.3, 0.4) is 0 Å². The Bertz CT molecular complexity index is 945. The fourth-order valence-electron chi connectivity index (χ4n) is 2.97. The molecule has 0 aliphatic rings. The summed E-state index contributed by atoms with van der Waals surface area (Å²) in [6.45, 7) is 6.60. The zero-order chi connectivity index (χ0) is 20.8. The molecule has 0 aliphatic heterocycles. The zero-order valence-electron chi connectivity index (χ0n) is 16.8. The second kappa shape index (κ2) is 9.71. The maximum Gasteiger partial charge on any atom is 0.333 e. The summed E-state index contributed by atoms with van der Waals surface area (Å²) in [6.07, 6.45) is 0.141. The third kappa shape index (κ3) is 5.46. The van der Waals surface area contributed by atoms with Gasteiger partial charge in [-0.2, -0.15) is 0 Å². The maximum atomic E-state index is 11.2. The van der Waals surface area contributed by atoms with Crippen molar-refractivity contribution in [2.24, 2.45) is 0 Å². The number of aromatic nitrogens is 1. The molecule has 0 unspecified atom stereocenters. The second-order valence-electron chi connectivity index (χ2n) is 6.68. The summed E-state index contributed by atoms with van der Waals surface area (Å²) in [4.78, 5) is 16.9. The monoisotopic (exact) mass is 415 g/mol. The molecule has 6 nitrogen and oxygen atoms in total. The zero-order valence-corrected chi connectivity index (χ0v) is 17.6. The molecule has 0 saturated heterocycles. The van der Waals surface area contributed by atoms with Gasteiger partial charge in [0.15, 0.2) is 6.10 Å². The average molecular weight is 416 g/mol. The Hall–Kier alpha value is -2.64. The van der Waals surface area contributed by atoms with Gasteiger partial charge in [-0.1, -0.05) is 12.1 Å². The summed E-state index contributed by atoms with van der Waals surface area (Å²) in [5.41, 5.74) is 2.94. The Morgan fingerprint density at radius 1 is 1.24 bits per heavy atom. The van der Waals surface area contributed by atoms with Crippen molar-refractivity contribution in [1.82, 2.24) is 4.98 Å². The van der Waals surface area contributed by atoms with Crippen LogP contribution in [0.25, 0.3) is 10.8 Å². The van der Waals surface area contributed by atoms with E-state index in [-0.39, 0.29) is 0 Å². The Balaban J connectivity index is 1.54. The lowest BCUT2D eigenvalue weighted by molar-refractivity contribution is -0.149. The van der Waals surface area contributed by atoms with E-state index in [0.29, 0.717) is 31.9 Å². The van der Waals surface area contributed by atoms with Gasteiger partial charge in [0.25, 0.3) is 0 Å². The first-order valence-corrected chi connectivity index (χ1v) is 10.4. The number of carboxylic acids is 1. The molecule has 154 valence electrons. The minimum Gasteiger partial charge on any atom is -0.493 e. The fraction of sp³-hybridized carbons (Fsp3) is 0.364. The summed E-state index contributed by atoms with van der Waals surface area (Å²) in [5.74, 6) is 1.25. The molecule has 2 aromatic heterocycles. The van der Waals surface area contributed by atoms with Crippen molar-refractivity contribution in [3.8, 4) is 16.5 Å². The predicted octanol–water partition coefficient (Wildman–Crippen LogP) is 4.67. The van der Waals surface area contributed by atoms with Crippen LogP contribution in [0.5, 0.6) is 5.75 Å². The standard InChI is InChI=1S/C22H25NO5S/c1-4-26-19(22(24)25)13-16-5-7-17(8-6-16)27-11-9-18-15(3)28-21(23-18)20-14(2)10-12-29-20/h5-8,10,12,19H,4,9,11,13H2,1-3H3,(H,24,25)/t19-/m0/s1. The molecule has 2 heterocycles. The smallest absolute Gasteiger partial charge is 0.333 e. The Labute approximate surface area is 174 Å². The van der Waals surface area contributed by atoms with Gasteiger partial charge in [0, 0.05) is 19.4 Å². The fourth-order valence-corrected chi connectivity index (χ4v) is 3.82. The topological polar surface area (TPSA) is 81.8 Å². The van der Waals surface area contributed by atoms with E-state index < -0.39 is 12.1 Å². The van der Waals surface area contributed by atoms with E-state index >= 15 is 0 Å². The highest BCUT2D eigenvalue weighted by molar-refractivity contribution is 7.13. The van der Waals surface area contributed by atoms with Gasteiger partial charge >= 0.3 is 5.97 Å². The normalized spacial score (nSPS) is 12.1. The quantitative estimate of drug-likeness (QED) is 0.518. The van der Waals surface area contributed by atoms with Crippen molar-refractivity contribution < 1.29 is 23.8 Å². The van der Waals surface area contributed by atoms with Crippen LogP contribution in [-0.4, -0.2) is 35.4 Å². The van der Waals surface area contributed by atoms with Crippen LogP contribution in [0.4, 0.5) is 0 Å². The van der Waals surface area contributed by atoms with Crippen LogP contribution in [0, 0.1) is 13.8 Å². The molecule has 0 aliphatic carbocycles. The summed E-state index contributed by atoms with van der Waals surface area (Å²) in [7, 11) is 0. The molecule has 3 rings (SSSR count). The van der Waals surface area contributed by atoms with E-state index in [4.69, 9.17) is 13.9 Å². The lowest BCUT2D eigenvalue weighted by Crippen LogP contribution is -2.26. The molecule has 1 aromatic carbocycles. The number of hydrogen-bond donors (Lipinski definition) is 1. The molecule has 0 bridgehead atoms. The van der Waals surface area contributed by atoms with E-state index in [0.717, 1.165) is 33.2 Å². The summed E-state index contributed by atoms with van der Waals surface area (Å²) in [6, 6.07) is 9.47. The summed E-state index contributed by atoms with van der Waals surface area (Å²) >= 11 is 1.62. The Morgan fingerprint density at radius 3 is 2.62 bits per heavy atom. The number of carboxylic acid groups (broad SMARTS) is 1. The van der Waals surface area contributed by atoms with E-state index in [2.05, 4.69) is 11.1 Å². The van der Waals surface area contributed by atoms with Crippen LogP contribution >= 0.6 is 11.3 Å². The van der Waals surface area contributed by atoms with Crippen molar-refractivity contribution in [2.45, 2.75) is 39.7 Å². The third-order valence-corrected chi connectivity index (χ3v) is 5.55. The van der Waals surface area contributed by atoms with Gasteiger partial charge in [-0.05, 0) is 55.5 Å². The van der Waals surface area contributed by atoms with Crippen molar-refractivity contribution >= 4 is 17.3 Å². The summed E-state index contributed by atoms with van der Waals surface area (Å²) < 4.78 is 16.9. The molecule has 0 spiro atoms. The first-order valence-electron chi connectivity index (χ1n) is 9.54. The number of hydrogen-bond acceptors (Lipinski definition) is 6. The van der Waals surface area contributed by atoms with Gasteiger partial charge in [-0.15, -0.1) is 11.3 Å². The van der Waals surface area contributed by atoms with E-state index in [1.54, 1.807) is 18.3 Å². The molecular weight excluding hydrogens is 390 g/mol. The Morgan fingerprint density at radius 2 is 2.00 bits per heavy atom. The van der Waals surface area contributed by atoms with Crippen LogP contribution < -0.4 is 4.74 Å². The van der Waals surface area contributed by atoms with Crippen LogP contribution in [0.2, 0.25) is 0 Å². The molecule has 0 amide bonds. The molecular formula is C22H25NO5S. The number of carbonyl (C=O) groups is 1. The molecule has 0 radical (unpaired) electrons. The largest absolute Gasteiger partial charge is 0.493 e. The highest BCUT2D eigenvalue weighted by Crippen LogP contribution is 2.29. The second-order valence-corrected chi connectivity index (χ2v) is 7.60. The molecule has 1 N–H and O–H groups in total. The van der Waals surface area contributed by atoms with Gasteiger partial charge in [0.2, 0.25) is 5.89 Å². The molecule has 7 heteroatoms. The molecule has 29 heavy (non-hydrogen) atoms. The molecule has 0 saturated carbocycles. The lowest BCUT2D eigenvalue weighted by atomic mass is 10.1. The Kier molecular flexibility index (Phi) is 7.06. The highest BCUT2D eigenvalue weighted by Gasteiger charge is 2.18. The highest BCUT2D eigenvalue weighted by atomic mass is 32.1. The van der Waals surface area contributed by atoms with Gasteiger partial charge in [-0.3, -0.25) is 0 Å². The van der Waals surface area contributed by atoms with Gasteiger partial charge in [0.1, 0.15) is 11.5 Å². The number of aliphatic carboxylic acids is 1. The number of aryl methyl sites for hydroxylation is 2. The van der Waals surface area contributed by atoms with Gasteiger partial charge < -0.3 is 19.0 Å². The van der Waals surface area contributed by atoms with E-state index in [9.17, 15) is 9.90 Å². The minimum atomic E-state index is -0.952. The number of oxazole rings is 1. The number of ether oxygens (including phenoxy) is 2. The molecule has 1 atom stereocenters. The first-order chi connectivity index (χ1) is 14.0. The van der Waals surface area contributed by atoms with Crippen molar-refractivity contribution in [1.29, 1.82) is 0 Å². The SMILES string of the molecule is CCO[C@@H](Cc1ccc(OCCc2nc(-c3sccc3C)oc2C)cc1)C(=O)O. The number of benzene rings is 1.